The predicted octanol–water partition coefficient (Wildman–Crippen LogP) is 3.80. The molecule has 0 radical (unpaired) electrons. The van der Waals surface area contributed by atoms with Crippen LogP contribution < -0.4 is 5.56 Å². The average Bonchev–Trinajstić information content (AvgIpc) is 2.97. The number of pyridine rings is 1. The monoisotopic (exact) mass is 360 g/mol. The van der Waals surface area contributed by atoms with Crippen LogP contribution in [-0.4, -0.2) is 28.5 Å². The Balaban J connectivity index is 1.46. The second kappa shape index (κ2) is 7.78. The quantitative estimate of drug-likeness (QED) is 0.713. The lowest BCUT2D eigenvalue weighted by Gasteiger charge is -2.21. The Labute approximate surface area is 159 Å². The number of benzene rings is 2. The van der Waals surface area contributed by atoms with Gasteiger partial charge in [-0.15, -0.1) is 0 Å². The summed E-state index contributed by atoms with van der Waals surface area (Å²) in [5, 5.41) is 1.57. The van der Waals surface area contributed by atoms with Crippen molar-refractivity contribution in [2.45, 2.75) is 31.7 Å². The van der Waals surface area contributed by atoms with Crippen LogP contribution in [0.15, 0.2) is 71.7 Å². The van der Waals surface area contributed by atoms with Gasteiger partial charge < -0.3 is 9.47 Å². The largest absolute Gasteiger partial charge is 0.341 e. The van der Waals surface area contributed by atoms with Crippen molar-refractivity contribution in [2.24, 2.45) is 0 Å². The van der Waals surface area contributed by atoms with Crippen molar-refractivity contribution >= 4 is 16.7 Å². The molecule has 0 bridgehead atoms. The normalized spacial score (nSPS) is 17.6. The van der Waals surface area contributed by atoms with Crippen LogP contribution in [0.5, 0.6) is 0 Å². The highest BCUT2D eigenvalue weighted by atomic mass is 16.2. The van der Waals surface area contributed by atoms with Crippen LogP contribution in [0, 0.1) is 0 Å². The average molecular weight is 360 g/mol. The van der Waals surface area contributed by atoms with Gasteiger partial charge in [-0.2, -0.15) is 0 Å². The van der Waals surface area contributed by atoms with Gasteiger partial charge in [0, 0.05) is 24.7 Å². The minimum Gasteiger partial charge on any atom is -0.341 e. The van der Waals surface area contributed by atoms with Gasteiger partial charge in [0.25, 0.3) is 5.56 Å². The topological polar surface area (TPSA) is 42.3 Å². The van der Waals surface area contributed by atoms with Gasteiger partial charge in [-0.25, -0.2) is 0 Å². The number of carbonyl (C=O) groups is 1. The molecule has 27 heavy (non-hydrogen) atoms. The van der Waals surface area contributed by atoms with Gasteiger partial charge in [-0.1, -0.05) is 48.5 Å². The summed E-state index contributed by atoms with van der Waals surface area (Å²) in [5.41, 5.74) is 1.26. The summed E-state index contributed by atoms with van der Waals surface area (Å²) in [6, 6.07) is 20.0. The van der Waals surface area contributed by atoms with Crippen molar-refractivity contribution in [3.63, 3.8) is 0 Å². The molecule has 1 fully saturated rings. The number of likely N-dealkylation sites (tertiary alicyclic amines) is 1. The molecule has 0 saturated carbocycles. The van der Waals surface area contributed by atoms with E-state index in [1.165, 1.54) is 10.1 Å². The number of rotatable bonds is 3. The molecule has 4 nitrogen and oxygen atoms in total. The first-order valence-electron chi connectivity index (χ1n) is 9.63. The molecule has 1 saturated heterocycles. The fourth-order valence-corrected chi connectivity index (χ4v) is 4.00. The van der Waals surface area contributed by atoms with Gasteiger partial charge in [0.15, 0.2) is 0 Å². The number of hydrogen-bond acceptors (Lipinski definition) is 2. The molecule has 2 heterocycles. The van der Waals surface area contributed by atoms with Gasteiger partial charge >= 0.3 is 0 Å². The summed E-state index contributed by atoms with van der Waals surface area (Å²) in [6.45, 7) is 1.63. The van der Waals surface area contributed by atoms with E-state index >= 15 is 0 Å². The van der Waals surface area contributed by atoms with Gasteiger partial charge in [0.2, 0.25) is 5.91 Å². The molecule has 1 aliphatic rings. The van der Waals surface area contributed by atoms with E-state index in [2.05, 4.69) is 24.3 Å². The van der Waals surface area contributed by atoms with E-state index in [-0.39, 0.29) is 18.0 Å². The lowest BCUT2D eigenvalue weighted by Crippen LogP contribution is -2.37. The smallest absolute Gasteiger partial charge is 0.258 e. The summed E-state index contributed by atoms with van der Waals surface area (Å²) < 4.78 is 1.53. The minimum atomic E-state index is -0.0987. The van der Waals surface area contributed by atoms with E-state index < -0.39 is 0 Å². The molecule has 1 aromatic heterocycles. The van der Waals surface area contributed by atoms with Crippen molar-refractivity contribution in [1.29, 1.82) is 0 Å². The zero-order valence-corrected chi connectivity index (χ0v) is 15.4. The van der Waals surface area contributed by atoms with E-state index in [0.717, 1.165) is 37.7 Å². The molecule has 2 aromatic carbocycles. The molecule has 138 valence electrons. The minimum absolute atomic E-state index is 0.0288. The van der Waals surface area contributed by atoms with Crippen LogP contribution in [0.2, 0.25) is 0 Å². The third kappa shape index (κ3) is 3.80. The fraction of sp³-hybridized carbons (Fsp3) is 0.304. The Morgan fingerprint density at radius 1 is 0.926 bits per heavy atom. The molecule has 1 aliphatic heterocycles. The van der Waals surface area contributed by atoms with Crippen LogP contribution in [0.4, 0.5) is 0 Å². The first-order valence-corrected chi connectivity index (χ1v) is 9.63. The third-order valence-electron chi connectivity index (χ3n) is 5.54. The first kappa shape index (κ1) is 17.5. The van der Waals surface area contributed by atoms with Crippen molar-refractivity contribution in [3.05, 3.63) is 82.8 Å². The van der Waals surface area contributed by atoms with Crippen LogP contribution in [-0.2, 0) is 11.3 Å². The molecule has 3 aromatic rings. The Hall–Kier alpha value is -2.88. The third-order valence-corrected chi connectivity index (χ3v) is 5.54. The molecular weight excluding hydrogens is 336 g/mol. The second-order valence-corrected chi connectivity index (χ2v) is 7.26. The van der Waals surface area contributed by atoms with E-state index in [1.54, 1.807) is 6.20 Å². The second-order valence-electron chi connectivity index (χ2n) is 7.26. The number of aromatic nitrogens is 1. The summed E-state index contributed by atoms with van der Waals surface area (Å²) in [4.78, 5) is 27.4. The Bertz CT molecular complexity index is 994. The predicted molar refractivity (Wildman–Crippen MR) is 108 cm³/mol. The van der Waals surface area contributed by atoms with Crippen LogP contribution in [0.25, 0.3) is 10.8 Å². The van der Waals surface area contributed by atoms with Crippen molar-refractivity contribution in [2.75, 3.05) is 13.1 Å². The van der Waals surface area contributed by atoms with Gasteiger partial charge in [0.1, 0.15) is 6.54 Å². The molecule has 0 N–H and O–H groups in total. The fourth-order valence-electron chi connectivity index (χ4n) is 4.00. The molecule has 1 atom stereocenters. The molecule has 4 heteroatoms. The Morgan fingerprint density at radius 3 is 2.56 bits per heavy atom. The molecule has 1 amide bonds. The molecule has 4 rings (SSSR count). The van der Waals surface area contributed by atoms with E-state index in [9.17, 15) is 9.59 Å². The standard InChI is InChI=1S/C23H24N2O2/c26-22(17-25-16-13-20-9-4-5-11-21(20)23(25)27)24-14-6-10-19(12-15-24)18-7-2-1-3-8-18/h1-5,7-9,11,13,16,19H,6,10,12,14-15,17H2. The molecular formula is C23H24N2O2. The van der Waals surface area contributed by atoms with Crippen molar-refractivity contribution < 1.29 is 4.79 Å². The SMILES string of the molecule is O=C(Cn1ccc2ccccc2c1=O)N1CCCC(c2ccccc2)CC1. The van der Waals surface area contributed by atoms with Gasteiger partial charge in [-0.05, 0) is 48.3 Å². The Morgan fingerprint density at radius 2 is 1.70 bits per heavy atom. The summed E-state index contributed by atoms with van der Waals surface area (Å²) in [7, 11) is 0. The zero-order chi connectivity index (χ0) is 18.6. The highest BCUT2D eigenvalue weighted by Gasteiger charge is 2.22. The van der Waals surface area contributed by atoms with Crippen LogP contribution >= 0.6 is 0 Å². The van der Waals surface area contributed by atoms with Crippen molar-refractivity contribution in [1.82, 2.24) is 9.47 Å². The highest BCUT2D eigenvalue weighted by molar-refractivity contribution is 5.82. The van der Waals surface area contributed by atoms with Gasteiger partial charge in [-0.3, -0.25) is 9.59 Å². The number of amides is 1. The maximum Gasteiger partial charge on any atom is 0.258 e. The molecule has 0 aliphatic carbocycles. The van der Waals surface area contributed by atoms with E-state index in [0.29, 0.717) is 11.3 Å². The number of hydrogen-bond donors (Lipinski definition) is 0. The maximum absolute atomic E-state index is 12.8. The molecule has 0 spiro atoms. The first-order chi connectivity index (χ1) is 13.2. The number of fused-ring (bicyclic) bond motifs is 1. The van der Waals surface area contributed by atoms with Crippen LogP contribution in [0.1, 0.15) is 30.7 Å². The van der Waals surface area contributed by atoms with Crippen LogP contribution in [0.3, 0.4) is 0 Å². The van der Waals surface area contributed by atoms with Crippen molar-refractivity contribution in [3.8, 4) is 0 Å². The van der Waals surface area contributed by atoms with E-state index in [1.807, 2.05) is 41.3 Å². The zero-order valence-electron chi connectivity index (χ0n) is 15.4. The number of carbonyl (C=O) groups excluding carboxylic acids is 1. The highest BCUT2D eigenvalue weighted by Crippen LogP contribution is 2.27. The summed E-state index contributed by atoms with van der Waals surface area (Å²) >= 11 is 0. The lowest BCUT2D eigenvalue weighted by molar-refractivity contribution is -0.131. The number of nitrogens with zero attached hydrogens (tertiary/aromatic N) is 2. The Kier molecular flexibility index (Phi) is 5.05. The molecule has 1 unspecified atom stereocenters. The van der Waals surface area contributed by atoms with E-state index in [4.69, 9.17) is 0 Å². The summed E-state index contributed by atoms with van der Waals surface area (Å²) in [5.74, 6) is 0.536. The summed E-state index contributed by atoms with van der Waals surface area (Å²) in [6.07, 6.45) is 4.80. The van der Waals surface area contributed by atoms with Gasteiger partial charge in [0.05, 0.1) is 0 Å². The lowest BCUT2D eigenvalue weighted by atomic mass is 9.92. The maximum atomic E-state index is 12.8.